The quantitative estimate of drug-likeness (QED) is 0.333. The Bertz CT molecular complexity index is 1250. The molecule has 0 saturated heterocycles. The summed E-state index contributed by atoms with van der Waals surface area (Å²) < 4.78 is 13.3. The minimum Gasteiger partial charge on any atom is -0.480 e. The van der Waals surface area contributed by atoms with Crippen LogP contribution in [0.15, 0.2) is 54.7 Å². The Morgan fingerprint density at radius 2 is 1.71 bits per heavy atom. The second-order valence-electron chi connectivity index (χ2n) is 8.74. The number of amides is 2. The molecule has 1 aliphatic carbocycles. The summed E-state index contributed by atoms with van der Waals surface area (Å²) in [6, 6.07) is 10.9. The number of anilines is 1. The Morgan fingerprint density at radius 1 is 1.03 bits per heavy atom. The number of nitrogens with zero attached hydrogens (tertiary/aromatic N) is 1. The van der Waals surface area contributed by atoms with E-state index in [9.17, 15) is 28.7 Å². The van der Waals surface area contributed by atoms with Crippen LogP contribution in [-0.4, -0.2) is 51.1 Å². The average molecular weight is 480 g/mol. The summed E-state index contributed by atoms with van der Waals surface area (Å²) in [5.74, 6) is -4.67. The Hall–Kier alpha value is -4.01. The third-order valence-corrected chi connectivity index (χ3v) is 6.41. The number of nitrogens with one attached hydrogen (secondary N) is 2. The molecular weight excluding hydrogens is 453 g/mol. The normalized spacial score (nSPS) is 14.9. The first-order chi connectivity index (χ1) is 16.8. The van der Waals surface area contributed by atoms with Gasteiger partial charge in [0.2, 0.25) is 5.91 Å². The number of H-pyrrole nitrogens is 1. The topological polar surface area (TPSA) is 120 Å². The molecule has 8 nitrogen and oxygen atoms in total. The number of hydrogen-bond donors (Lipinski definition) is 3. The van der Waals surface area contributed by atoms with Gasteiger partial charge in [0, 0.05) is 22.8 Å². The highest BCUT2D eigenvalue weighted by Crippen LogP contribution is 2.31. The smallest absolute Gasteiger partial charge is 0.323 e. The van der Waals surface area contributed by atoms with Gasteiger partial charge in [-0.2, -0.15) is 0 Å². The molecule has 3 aromatic rings. The Balaban J connectivity index is 1.68. The van der Waals surface area contributed by atoms with Crippen LogP contribution in [0.2, 0.25) is 0 Å². The second kappa shape index (κ2) is 10.5. The molecule has 1 aromatic heterocycles. The number of aliphatic carboxylic acids is 1. The van der Waals surface area contributed by atoms with Crippen LogP contribution < -0.4 is 5.32 Å². The van der Waals surface area contributed by atoms with Crippen molar-refractivity contribution in [3.05, 3.63) is 66.1 Å². The van der Waals surface area contributed by atoms with Crippen molar-refractivity contribution in [3.8, 4) is 0 Å². The Labute approximate surface area is 201 Å². The van der Waals surface area contributed by atoms with Crippen LogP contribution in [0.5, 0.6) is 0 Å². The van der Waals surface area contributed by atoms with Gasteiger partial charge in [-0.15, -0.1) is 0 Å². The van der Waals surface area contributed by atoms with E-state index >= 15 is 0 Å². The summed E-state index contributed by atoms with van der Waals surface area (Å²) in [4.78, 5) is 55.8. The zero-order valence-electron chi connectivity index (χ0n) is 19.0. The van der Waals surface area contributed by atoms with Gasteiger partial charge in [-0.1, -0.05) is 37.5 Å². The predicted octanol–water partition coefficient (Wildman–Crippen LogP) is 3.99. The fraction of sp³-hybridized carbons (Fsp3) is 0.308. The third-order valence-electron chi connectivity index (χ3n) is 6.41. The first-order valence-corrected chi connectivity index (χ1v) is 11.5. The average Bonchev–Trinajstić information content (AvgIpc) is 3.29. The maximum absolute atomic E-state index is 13.5. The van der Waals surface area contributed by atoms with Crippen molar-refractivity contribution < 1.29 is 28.7 Å². The first kappa shape index (κ1) is 24.1. The number of carbonyl (C=O) groups excluding carboxylic acids is 3. The lowest BCUT2D eigenvalue weighted by atomic mass is 9.82. The molecular formula is C26H26FN3O5. The number of aromatic amines is 1. The fourth-order valence-corrected chi connectivity index (χ4v) is 4.76. The van der Waals surface area contributed by atoms with E-state index < -0.39 is 42.0 Å². The SMILES string of the molecule is O=C(O)CN(C(=O)C(=O)c1c[nH]c2ccccc12)C(C(=O)Nc1ccc(F)cc1)C1CCCCC1. The van der Waals surface area contributed by atoms with Gasteiger partial charge in [-0.05, 0) is 49.1 Å². The van der Waals surface area contributed by atoms with E-state index in [1.165, 1.54) is 30.5 Å². The minimum atomic E-state index is -1.33. The van der Waals surface area contributed by atoms with Crippen molar-refractivity contribution in [1.29, 1.82) is 0 Å². The Morgan fingerprint density at radius 3 is 2.40 bits per heavy atom. The van der Waals surface area contributed by atoms with Gasteiger partial charge in [0.25, 0.3) is 11.7 Å². The molecule has 9 heteroatoms. The summed E-state index contributed by atoms with van der Waals surface area (Å²) in [6.07, 6.45) is 5.29. The van der Waals surface area contributed by atoms with Gasteiger partial charge in [0.05, 0.1) is 5.56 Å². The molecule has 1 aliphatic rings. The number of rotatable bonds is 8. The molecule has 4 rings (SSSR count). The van der Waals surface area contributed by atoms with Gasteiger partial charge in [0.15, 0.2) is 0 Å². The van der Waals surface area contributed by atoms with E-state index in [2.05, 4.69) is 10.3 Å². The molecule has 35 heavy (non-hydrogen) atoms. The molecule has 2 amide bonds. The molecule has 3 N–H and O–H groups in total. The van der Waals surface area contributed by atoms with Crippen LogP contribution in [0.25, 0.3) is 10.9 Å². The molecule has 0 radical (unpaired) electrons. The summed E-state index contributed by atoms with van der Waals surface area (Å²) in [7, 11) is 0. The number of halogens is 1. The molecule has 1 fully saturated rings. The van der Waals surface area contributed by atoms with Crippen LogP contribution in [0.4, 0.5) is 10.1 Å². The number of hydrogen-bond acceptors (Lipinski definition) is 4. The number of para-hydroxylation sites is 1. The number of aromatic nitrogens is 1. The number of ketones is 1. The molecule has 1 saturated carbocycles. The van der Waals surface area contributed by atoms with Crippen LogP contribution in [0, 0.1) is 11.7 Å². The molecule has 0 bridgehead atoms. The van der Waals surface area contributed by atoms with Crippen LogP contribution in [0.3, 0.4) is 0 Å². The van der Waals surface area contributed by atoms with Gasteiger partial charge in [0.1, 0.15) is 18.4 Å². The summed E-state index contributed by atoms with van der Waals surface area (Å²) in [5, 5.41) is 12.8. The number of carboxylic acids is 1. The molecule has 1 atom stereocenters. The zero-order valence-corrected chi connectivity index (χ0v) is 19.0. The van der Waals surface area contributed by atoms with E-state index in [0.29, 0.717) is 29.4 Å². The van der Waals surface area contributed by atoms with Gasteiger partial charge in [-0.3, -0.25) is 19.2 Å². The highest BCUT2D eigenvalue weighted by Gasteiger charge is 2.40. The molecule has 1 unspecified atom stereocenters. The third kappa shape index (κ3) is 5.40. The lowest BCUT2D eigenvalue weighted by Crippen LogP contribution is -2.55. The lowest BCUT2D eigenvalue weighted by Gasteiger charge is -2.36. The predicted molar refractivity (Wildman–Crippen MR) is 127 cm³/mol. The van der Waals surface area contributed by atoms with Crippen molar-refractivity contribution in [2.75, 3.05) is 11.9 Å². The number of carbonyl (C=O) groups is 4. The Kier molecular flexibility index (Phi) is 7.24. The van der Waals surface area contributed by atoms with Crippen LogP contribution >= 0.6 is 0 Å². The van der Waals surface area contributed by atoms with Crippen LogP contribution in [-0.2, 0) is 14.4 Å². The minimum absolute atomic E-state index is 0.113. The highest BCUT2D eigenvalue weighted by atomic mass is 19.1. The first-order valence-electron chi connectivity index (χ1n) is 11.5. The van der Waals surface area contributed by atoms with Crippen molar-refractivity contribution in [2.24, 2.45) is 5.92 Å². The van der Waals surface area contributed by atoms with Crippen molar-refractivity contribution in [2.45, 2.75) is 38.1 Å². The van der Waals surface area contributed by atoms with E-state index in [0.717, 1.165) is 24.2 Å². The van der Waals surface area contributed by atoms with E-state index in [4.69, 9.17) is 0 Å². The molecule has 2 aromatic carbocycles. The lowest BCUT2D eigenvalue weighted by molar-refractivity contribution is -0.147. The number of Topliss-reactive ketones (excluding diaryl/α,β-unsaturated/α-hetero) is 1. The van der Waals surface area contributed by atoms with Gasteiger partial charge in [-0.25, -0.2) is 4.39 Å². The summed E-state index contributed by atoms with van der Waals surface area (Å²) in [6.45, 7) is -0.801. The summed E-state index contributed by atoms with van der Waals surface area (Å²) in [5.41, 5.74) is 1.08. The van der Waals surface area contributed by atoms with Gasteiger partial charge < -0.3 is 20.3 Å². The zero-order chi connectivity index (χ0) is 24.9. The van der Waals surface area contributed by atoms with Crippen molar-refractivity contribution in [3.63, 3.8) is 0 Å². The maximum Gasteiger partial charge on any atom is 0.323 e. The molecule has 182 valence electrons. The maximum atomic E-state index is 13.5. The summed E-state index contributed by atoms with van der Waals surface area (Å²) >= 11 is 0. The standard InChI is InChI=1S/C26H26FN3O5/c27-17-10-12-18(13-11-17)29-25(34)23(16-6-2-1-3-7-16)30(15-22(31)32)26(35)24(33)20-14-28-21-9-5-4-8-19(20)21/h4-5,8-14,16,23,28H,1-3,6-7,15H2,(H,29,34)(H,31,32). The number of benzene rings is 2. The van der Waals surface area contributed by atoms with Crippen molar-refractivity contribution >= 4 is 40.2 Å². The second-order valence-corrected chi connectivity index (χ2v) is 8.74. The monoisotopic (exact) mass is 479 g/mol. The largest absolute Gasteiger partial charge is 0.480 e. The number of fused-ring (bicyclic) bond motifs is 1. The van der Waals surface area contributed by atoms with Gasteiger partial charge >= 0.3 is 5.97 Å². The molecule has 0 spiro atoms. The molecule has 0 aliphatic heterocycles. The fourth-order valence-electron chi connectivity index (χ4n) is 4.76. The molecule has 1 heterocycles. The van der Waals surface area contributed by atoms with Crippen molar-refractivity contribution in [1.82, 2.24) is 9.88 Å². The highest BCUT2D eigenvalue weighted by molar-refractivity contribution is 6.45. The number of carboxylic acid groups (broad SMARTS) is 1. The van der Waals surface area contributed by atoms with E-state index in [1.54, 1.807) is 24.3 Å². The van der Waals surface area contributed by atoms with Crippen LogP contribution in [0.1, 0.15) is 42.5 Å². The van der Waals surface area contributed by atoms with E-state index in [1.807, 2.05) is 0 Å². The van der Waals surface area contributed by atoms with E-state index in [-0.39, 0.29) is 11.5 Å².